The second kappa shape index (κ2) is 8.63. The van der Waals surface area contributed by atoms with E-state index in [0.717, 1.165) is 44.4 Å². The van der Waals surface area contributed by atoms with E-state index in [4.69, 9.17) is 8.83 Å². The number of hydrogen-bond donors (Lipinski definition) is 2. The minimum Gasteiger partial charge on any atom is -0.461 e. The fourth-order valence-electron chi connectivity index (χ4n) is 4.21. The van der Waals surface area contributed by atoms with Crippen LogP contribution in [-0.2, 0) is 11.2 Å². The minimum atomic E-state index is -0.485. The molecule has 0 aliphatic rings. The van der Waals surface area contributed by atoms with Gasteiger partial charge in [0.15, 0.2) is 0 Å². The van der Waals surface area contributed by atoms with Gasteiger partial charge >= 0.3 is 5.63 Å². The first-order valence-electron chi connectivity index (χ1n) is 10.7. The molecule has 1 unspecified atom stereocenters. The molecule has 0 radical (unpaired) electrons. The van der Waals surface area contributed by atoms with Crippen molar-refractivity contribution >= 4 is 27.8 Å². The first-order chi connectivity index (χ1) is 15.3. The Hall–Kier alpha value is -3.38. The molecule has 0 saturated heterocycles. The van der Waals surface area contributed by atoms with Gasteiger partial charge in [0.25, 0.3) is 0 Å². The monoisotopic (exact) mass is 433 g/mol. The molecular weight excluding hydrogens is 406 g/mol. The van der Waals surface area contributed by atoms with Crippen molar-refractivity contribution in [2.45, 2.75) is 46.6 Å². The molecule has 166 valence electrons. The van der Waals surface area contributed by atoms with E-state index in [0.29, 0.717) is 11.1 Å². The molecule has 4 rings (SSSR count). The maximum atomic E-state index is 12.8. The summed E-state index contributed by atoms with van der Waals surface area (Å²) in [5, 5.41) is 14.4. The lowest BCUT2D eigenvalue weighted by Gasteiger charge is -2.17. The summed E-state index contributed by atoms with van der Waals surface area (Å²) in [7, 11) is 0. The number of hydrogen-bond acceptors (Lipinski definition) is 5. The van der Waals surface area contributed by atoms with Crippen LogP contribution in [0.2, 0.25) is 0 Å². The maximum Gasteiger partial charge on any atom is 0.339 e. The van der Waals surface area contributed by atoms with E-state index in [2.05, 4.69) is 5.32 Å². The van der Waals surface area contributed by atoms with Crippen molar-refractivity contribution in [2.24, 2.45) is 0 Å². The summed E-state index contributed by atoms with van der Waals surface area (Å²) >= 11 is 0. The Morgan fingerprint density at radius 1 is 0.969 bits per heavy atom. The van der Waals surface area contributed by atoms with E-state index < -0.39 is 11.7 Å². The molecule has 4 aromatic rings. The van der Waals surface area contributed by atoms with E-state index in [-0.39, 0.29) is 25.4 Å². The molecule has 0 spiro atoms. The highest BCUT2D eigenvalue weighted by Crippen LogP contribution is 2.34. The molecule has 0 bridgehead atoms. The number of nitrogens with one attached hydrogen (secondary N) is 1. The molecule has 1 amide bonds. The van der Waals surface area contributed by atoms with Crippen LogP contribution in [0.25, 0.3) is 21.9 Å². The van der Waals surface area contributed by atoms with Crippen LogP contribution < -0.4 is 10.9 Å². The van der Waals surface area contributed by atoms with Gasteiger partial charge in [-0.3, -0.25) is 4.79 Å². The molecule has 2 aromatic heterocycles. The highest BCUT2D eigenvalue weighted by Gasteiger charge is 2.20. The number of aliphatic hydroxyl groups excluding tert-OH is 1. The van der Waals surface area contributed by atoms with Crippen LogP contribution in [0.4, 0.5) is 0 Å². The largest absolute Gasteiger partial charge is 0.461 e. The lowest BCUT2D eigenvalue weighted by Crippen LogP contribution is -2.31. The summed E-state index contributed by atoms with van der Waals surface area (Å²) in [5.74, 6) is 0.604. The van der Waals surface area contributed by atoms with Gasteiger partial charge in [0.1, 0.15) is 16.9 Å². The predicted octanol–water partition coefficient (Wildman–Crippen LogP) is 4.56. The molecule has 32 heavy (non-hydrogen) atoms. The average Bonchev–Trinajstić information content (AvgIpc) is 3.07. The maximum absolute atomic E-state index is 12.8. The van der Waals surface area contributed by atoms with E-state index in [1.807, 2.05) is 64.1 Å². The van der Waals surface area contributed by atoms with Gasteiger partial charge in [0.2, 0.25) is 5.91 Å². The van der Waals surface area contributed by atoms with Gasteiger partial charge in [-0.1, -0.05) is 30.3 Å². The van der Waals surface area contributed by atoms with Crippen LogP contribution in [0.1, 0.15) is 46.0 Å². The number of carbonyl (C=O) groups excluding carboxylic acids is 1. The van der Waals surface area contributed by atoms with Crippen molar-refractivity contribution in [3.8, 4) is 0 Å². The summed E-state index contributed by atoms with van der Waals surface area (Å²) in [4.78, 5) is 25.3. The topological polar surface area (TPSA) is 92.7 Å². The van der Waals surface area contributed by atoms with Gasteiger partial charge in [-0.05, 0) is 56.9 Å². The number of carbonyl (C=O) groups is 1. The zero-order valence-corrected chi connectivity index (χ0v) is 18.7. The third-order valence-corrected chi connectivity index (χ3v) is 6.27. The molecule has 2 N–H and O–H groups in total. The van der Waals surface area contributed by atoms with Gasteiger partial charge in [0.05, 0.1) is 12.6 Å². The van der Waals surface area contributed by atoms with Gasteiger partial charge in [-0.25, -0.2) is 4.79 Å². The number of aliphatic hydroxyl groups is 1. The molecule has 6 nitrogen and oxygen atoms in total. The molecule has 0 aliphatic carbocycles. The number of aryl methyl sites for hydroxylation is 4. The first-order valence-corrected chi connectivity index (χ1v) is 10.7. The predicted molar refractivity (Wildman–Crippen MR) is 124 cm³/mol. The zero-order valence-electron chi connectivity index (χ0n) is 18.7. The Morgan fingerprint density at radius 3 is 2.31 bits per heavy atom. The van der Waals surface area contributed by atoms with Crippen molar-refractivity contribution in [1.82, 2.24) is 5.32 Å². The van der Waals surface area contributed by atoms with Crippen LogP contribution in [-0.4, -0.2) is 17.6 Å². The minimum absolute atomic E-state index is 0.117. The first kappa shape index (κ1) is 21.8. The van der Waals surface area contributed by atoms with Crippen molar-refractivity contribution < 1.29 is 18.7 Å². The summed E-state index contributed by atoms with van der Waals surface area (Å²) in [6, 6.07) is 10.8. The zero-order chi connectivity index (χ0) is 23.0. The summed E-state index contributed by atoms with van der Waals surface area (Å²) in [6.45, 7) is 7.51. The number of fused-ring (bicyclic) bond motifs is 2. The van der Waals surface area contributed by atoms with Gasteiger partial charge in [0, 0.05) is 28.3 Å². The van der Waals surface area contributed by atoms with Crippen molar-refractivity contribution in [2.75, 3.05) is 6.61 Å². The lowest BCUT2D eigenvalue weighted by molar-refractivity contribution is -0.122. The van der Waals surface area contributed by atoms with E-state index in [9.17, 15) is 14.7 Å². The van der Waals surface area contributed by atoms with Gasteiger partial charge in [-0.15, -0.1) is 0 Å². The van der Waals surface area contributed by atoms with E-state index in [1.165, 1.54) is 0 Å². The molecule has 6 heteroatoms. The van der Waals surface area contributed by atoms with E-state index >= 15 is 0 Å². The molecule has 2 heterocycles. The van der Waals surface area contributed by atoms with Crippen LogP contribution in [0.5, 0.6) is 0 Å². The molecule has 0 fully saturated rings. The Labute approximate surface area is 185 Å². The third kappa shape index (κ3) is 3.82. The highest BCUT2D eigenvalue weighted by molar-refractivity contribution is 6.00. The Kier molecular flexibility index (Phi) is 5.89. The normalized spacial score (nSPS) is 12.4. The van der Waals surface area contributed by atoms with Crippen molar-refractivity contribution in [3.05, 3.63) is 80.4 Å². The lowest BCUT2D eigenvalue weighted by atomic mass is 9.98. The van der Waals surface area contributed by atoms with Crippen LogP contribution >= 0.6 is 0 Å². The summed E-state index contributed by atoms with van der Waals surface area (Å²) < 4.78 is 11.6. The fourth-order valence-corrected chi connectivity index (χ4v) is 4.21. The number of benzene rings is 2. The van der Waals surface area contributed by atoms with Crippen LogP contribution in [0.3, 0.4) is 0 Å². The van der Waals surface area contributed by atoms with Gasteiger partial charge < -0.3 is 19.3 Å². The smallest absolute Gasteiger partial charge is 0.339 e. The Balaban J connectivity index is 1.62. The molecule has 1 atom stereocenters. The Bertz CT molecular complexity index is 1360. The molecular formula is C26H27NO5. The van der Waals surface area contributed by atoms with Crippen LogP contribution in [0, 0.1) is 27.7 Å². The molecule has 0 aliphatic heterocycles. The number of rotatable bonds is 6. The van der Waals surface area contributed by atoms with Crippen molar-refractivity contribution in [3.63, 3.8) is 0 Å². The number of amides is 1. The van der Waals surface area contributed by atoms with Crippen LogP contribution in [0.15, 0.2) is 50.0 Å². The average molecular weight is 434 g/mol. The van der Waals surface area contributed by atoms with Gasteiger partial charge in [-0.2, -0.15) is 0 Å². The quantitative estimate of drug-likeness (QED) is 0.435. The highest BCUT2D eigenvalue weighted by atomic mass is 16.4. The number of furan rings is 1. The third-order valence-electron chi connectivity index (χ3n) is 6.27. The SMILES string of the molecule is Cc1oc2c(C)c3oc(=O)c(CCC(=O)NC(CO)c4ccccc4)c(C)c3cc2c1C. The second-order valence-corrected chi connectivity index (χ2v) is 8.24. The van der Waals surface area contributed by atoms with E-state index in [1.54, 1.807) is 0 Å². The fraction of sp³-hybridized carbons (Fsp3) is 0.308. The Morgan fingerprint density at radius 2 is 1.62 bits per heavy atom. The second-order valence-electron chi connectivity index (χ2n) is 8.24. The summed E-state index contributed by atoms with van der Waals surface area (Å²) in [5.41, 5.74) is 4.81. The standard InChI is InChI=1S/C26H27NO5/c1-14-17(4)31-24-16(3)25-21(12-20(14)24)15(2)19(26(30)32-25)10-11-23(29)27-22(13-28)18-8-6-5-7-9-18/h5-9,12,22,28H,10-11,13H2,1-4H3,(H,27,29). The summed E-state index contributed by atoms with van der Waals surface area (Å²) in [6.07, 6.45) is 0.370. The molecule has 0 saturated carbocycles. The molecule has 2 aromatic carbocycles. The van der Waals surface area contributed by atoms with Crippen molar-refractivity contribution in [1.29, 1.82) is 0 Å².